The molecule has 3 rings (SSSR count). The van der Waals surface area contributed by atoms with Crippen molar-refractivity contribution in [3.63, 3.8) is 0 Å². The Balaban J connectivity index is 1.87. The lowest BCUT2D eigenvalue weighted by atomic mass is 10.2. The number of anilines is 1. The van der Waals surface area contributed by atoms with Gasteiger partial charge in [0.05, 0.1) is 28.7 Å². The monoisotopic (exact) mass is 438 g/mol. The maximum Gasteiger partial charge on any atom is 0.257 e. The van der Waals surface area contributed by atoms with Crippen LogP contribution in [0.15, 0.2) is 41.3 Å². The number of halogens is 1. The van der Waals surface area contributed by atoms with E-state index in [1.54, 1.807) is 32.0 Å². The minimum atomic E-state index is -3.74. The van der Waals surface area contributed by atoms with E-state index in [9.17, 15) is 13.2 Å². The van der Waals surface area contributed by atoms with Gasteiger partial charge in [-0.25, -0.2) is 8.42 Å². The summed E-state index contributed by atoms with van der Waals surface area (Å²) < 4.78 is 37.9. The average Bonchev–Trinajstić information content (AvgIpc) is 2.92. The molecule has 1 N–H and O–H groups in total. The van der Waals surface area contributed by atoms with Crippen LogP contribution in [-0.2, 0) is 10.0 Å². The Morgan fingerprint density at radius 3 is 2.48 bits per heavy atom. The number of rotatable bonds is 5. The number of ether oxygens (including phenoxy) is 2. The molecule has 9 heteroatoms. The van der Waals surface area contributed by atoms with Gasteiger partial charge in [0.2, 0.25) is 10.0 Å². The van der Waals surface area contributed by atoms with Gasteiger partial charge in [-0.1, -0.05) is 11.6 Å². The number of amides is 1. The van der Waals surface area contributed by atoms with Crippen molar-refractivity contribution in [2.45, 2.75) is 31.2 Å². The SMILES string of the molecule is CC(C)N(C)S(=O)(=O)c1ccc(Cl)c(C(=O)Nc2ccc3c(c2)OCCCO3)c1. The van der Waals surface area contributed by atoms with Crippen LogP contribution in [0, 0.1) is 0 Å². The molecule has 0 fully saturated rings. The summed E-state index contributed by atoms with van der Waals surface area (Å²) in [5.74, 6) is 0.637. The molecule has 0 bridgehead atoms. The zero-order valence-corrected chi connectivity index (χ0v) is 18.0. The predicted octanol–water partition coefficient (Wildman–Crippen LogP) is 3.78. The molecule has 0 atom stereocenters. The number of carbonyl (C=O) groups excluding carboxylic acids is 1. The number of fused-ring (bicyclic) bond motifs is 1. The molecule has 1 aliphatic rings. The largest absolute Gasteiger partial charge is 0.490 e. The van der Waals surface area contributed by atoms with Crippen molar-refractivity contribution in [2.75, 3.05) is 25.6 Å². The van der Waals surface area contributed by atoms with Gasteiger partial charge in [0.1, 0.15) is 0 Å². The summed E-state index contributed by atoms with van der Waals surface area (Å²) >= 11 is 6.17. The average molecular weight is 439 g/mol. The van der Waals surface area contributed by atoms with Crippen LogP contribution in [0.25, 0.3) is 0 Å². The van der Waals surface area contributed by atoms with Gasteiger partial charge in [0.15, 0.2) is 11.5 Å². The van der Waals surface area contributed by atoms with Gasteiger partial charge in [-0.3, -0.25) is 4.79 Å². The highest BCUT2D eigenvalue weighted by atomic mass is 35.5. The number of carbonyl (C=O) groups is 1. The summed E-state index contributed by atoms with van der Waals surface area (Å²) in [5, 5.41) is 2.89. The normalized spacial score (nSPS) is 14.0. The summed E-state index contributed by atoms with van der Waals surface area (Å²) in [6, 6.07) is 8.93. The van der Waals surface area contributed by atoms with E-state index in [2.05, 4.69) is 5.32 Å². The first-order valence-corrected chi connectivity index (χ1v) is 11.0. The van der Waals surface area contributed by atoms with Crippen molar-refractivity contribution in [3.05, 3.63) is 47.0 Å². The summed E-state index contributed by atoms with van der Waals surface area (Å²) in [6.45, 7) is 4.64. The topological polar surface area (TPSA) is 84.9 Å². The number of hydrogen-bond donors (Lipinski definition) is 1. The number of benzene rings is 2. The first-order chi connectivity index (χ1) is 13.7. The van der Waals surface area contributed by atoms with E-state index in [0.29, 0.717) is 30.4 Å². The molecule has 0 spiro atoms. The molecule has 0 saturated carbocycles. The molecule has 7 nitrogen and oxygen atoms in total. The minimum absolute atomic E-state index is 0.00177. The van der Waals surface area contributed by atoms with Crippen LogP contribution in [0.3, 0.4) is 0 Å². The van der Waals surface area contributed by atoms with Gasteiger partial charge in [-0.2, -0.15) is 4.31 Å². The van der Waals surface area contributed by atoms with Gasteiger partial charge in [-0.15, -0.1) is 0 Å². The summed E-state index contributed by atoms with van der Waals surface area (Å²) in [6.07, 6.45) is 0.776. The molecule has 0 unspecified atom stereocenters. The predicted molar refractivity (Wildman–Crippen MR) is 112 cm³/mol. The molecule has 1 amide bonds. The lowest BCUT2D eigenvalue weighted by molar-refractivity contribution is 0.102. The van der Waals surface area contributed by atoms with Crippen molar-refractivity contribution in [1.29, 1.82) is 0 Å². The van der Waals surface area contributed by atoms with Gasteiger partial charge in [0.25, 0.3) is 5.91 Å². The Hall–Kier alpha value is -2.29. The fourth-order valence-corrected chi connectivity index (χ4v) is 4.32. The Kier molecular flexibility index (Phi) is 6.36. The van der Waals surface area contributed by atoms with Crippen molar-refractivity contribution in [2.24, 2.45) is 0 Å². The first kappa shape index (κ1) is 21.4. The second kappa shape index (κ2) is 8.61. The summed E-state index contributed by atoms with van der Waals surface area (Å²) in [4.78, 5) is 12.8. The van der Waals surface area contributed by atoms with Crippen LogP contribution in [0.1, 0.15) is 30.6 Å². The quantitative estimate of drug-likeness (QED) is 0.767. The van der Waals surface area contributed by atoms with Crippen LogP contribution in [0.2, 0.25) is 5.02 Å². The van der Waals surface area contributed by atoms with Gasteiger partial charge >= 0.3 is 0 Å². The van der Waals surface area contributed by atoms with Crippen LogP contribution >= 0.6 is 11.6 Å². The molecule has 1 heterocycles. The maximum absolute atomic E-state index is 12.8. The Bertz CT molecular complexity index is 1020. The van der Waals surface area contributed by atoms with Gasteiger partial charge in [0, 0.05) is 31.3 Å². The molecule has 2 aromatic rings. The minimum Gasteiger partial charge on any atom is -0.490 e. The van der Waals surface area contributed by atoms with Crippen LogP contribution < -0.4 is 14.8 Å². The highest BCUT2D eigenvalue weighted by molar-refractivity contribution is 7.89. The number of sulfonamides is 1. The first-order valence-electron chi connectivity index (χ1n) is 9.18. The van der Waals surface area contributed by atoms with E-state index in [1.165, 1.54) is 29.6 Å². The molecular weight excluding hydrogens is 416 g/mol. The number of nitrogens with zero attached hydrogens (tertiary/aromatic N) is 1. The molecule has 29 heavy (non-hydrogen) atoms. The smallest absolute Gasteiger partial charge is 0.257 e. The van der Waals surface area contributed by atoms with E-state index < -0.39 is 15.9 Å². The molecule has 0 aliphatic carbocycles. The lowest BCUT2D eigenvalue weighted by Gasteiger charge is -2.21. The number of hydrogen-bond acceptors (Lipinski definition) is 5. The van der Waals surface area contributed by atoms with E-state index >= 15 is 0 Å². The molecule has 156 valence electrons. The third-order valence-corrected chi connectivity index (χ3v) is 6.95. The van der Waals surface area contributed by atoms with E-state index in [4.69, 9.17) is 21.1 Å². The number of nitrogens with one attached hydrogen (secondary N) is 1. The Labute approximate surface area is 175 Å². The van der Waals surface area contributed by atoms with Crippen molar-refractivity contribution >= 4 is 33.2 Å². The van der Waals surface area contributed by atoms with Crippen molar-refractivity contribution in [1.82, 2.24) is 4.31 Å². The second-order valence-corrected chi connectivity index (χ2v) is 9.33. The molecule has 1 aliphatic heterocycles. The highest BCUT2D eigenvalue weighted by Gasteiger charge is 2.25. The molecular formula is C20H23ClN2O5S. The third kappa shape index (κ3) is 4.66. The van der Waals surface area contributed by atoms with E-state index in [0.717, 1.165) is 6.42 Å². The molecule has 0 aromatic heterocycles. The van der Waals surface area contributed by atoms with E-state index in [-0.39, 0.29) is 21.5 Å². The highest BCUT2D eigenvalue weighted by Crippen LogP contribution is 2.33. The Morgan fingerprint density at radius 1 is 1.10 bits per heavy atom. The van der Waals surface area contributed by atoms with E-state index in [1.807, 2.05) is 0 Å². The van der Waals surface area contributed by atoms with Crippen LogP contribution in [-0.4, -0.2) is 44.9 Å². The zero-order valence-electron chi connectivity index (χ0n) is 16.4. The fraction of sp³-hybridized carbons (Fsp3) is 0.350. The summed E-state index contributed by atoms with van der Waals surface area (Å²) in [7, 11) is -2.25. The van der Waals surface area contributed by atoms with Crippen LogP contribution in [0.5, 0.6) is 11.5 Å². The molecule has 0 radical (unpaired) electrons. The Morgan fingerprint density at radius 2 is 1.79 bits per heavy atom. The maximum atomic E-state index is 12.8. The van der Waals surface area contributed by atoms with Crippen LogP contribution in [0.4, 0.5) is 5.69 Å². The third-order valence-electron chi connectivity index (χ3n) is 4.59. The van der Waals surface area contributed by atoms with Gasteiger partial charge < -0.3 is 14.8 Å². The van der Waals surface area contributed by atoms with Gasteiger partial charge in [-0.05, 0) is 44.2 Å². The fourth-order valence-electron chi connectivity index (χ4n) is 2.72. The standard InChI is InChI=1S/C20H23ClN2O5S/c1-13(2)23(3)29(25,26)15-6-7-17(21)16(12-15)20(24)22-14-5-8-18-19(11-14)28-10-4-9-27-18/h5-8,11-13H,4,9-10H2,1-3H3,(H,22,24). The van der Waals surface area contributed by atoms with Crippen molar-refractivity contribution < 1.29 is 22.7 Å². The zero-order chi connectivity index (χ0) is 21.2. The molecule has 0 saturated heterocycles. The second-order valence-electron chi connectivity index (χ2n) is 6.92. The summed E-state index contributed by atoms with van der Waals surface area (Å²) in [5.41, 5.74) is 0.555. The lowest BCUT2D eigenvalue weighted by Crippen LogP contribution is -2.33. The molecule has 2 aromatic carbocycles. The van der Waals surface area contributed by atoms with Crippen molar-refractivity contribution in [3.8, 4) is 11.5 Å².